The van der Waals surface area contributed by atoms with Gasteiger partial charge in [-0.05, 0) is 49.9 Å². The van der Waals surface area contributed by atoms with Crippen LogP contribution in [0.4, 0.5) is 0 Å². The molecule has 2 aliphatic heterocycles. The van der Waals surface area contributed by atoms with E-state index in [2.05, 4.69) is 15.5 Å². The number of aromatic nitrogens is 3. The van der Waals surface area contributed by atoms with E-state index in [-0.39, 0.29) is 22.7 Å². The molecule has 11 heteroatoms. The largest absolute Gasteiger partial charge is 0.376 e. The summed E-state index contributed by atoms with van der Waals surface area (Å²) in [5.41, 5.74) is 0.769. The normalized spacial score (nSPS) is 19.7. The molecule has 1 N–H and O–H groups in total. The number of nitrogens with one attached hydrogen (secondary N) is 1. The van der Waals surface area contributed by atoms with Gasteiger partial charge >= 0.3 is 0 Å². The highest BCUT2D eigenvalue weighted by Crippen LogP contribution is 2.26. The third-order valence-corrected chi connectivity index (χ3v) is 8.47. The molecule has 9 nitrogen and oxygen atoms in total. The molecule has 1 aromatic carbocycles. The van der Waals surface area contributed by atoms with Gasteiger partial charge in [0.2, 0.25) is 15.9 Å². The van der Waals surface area contributed by atoms with Crippen LogP contribution in [0.1, 0.15) is 25.7 Å². The minimum Gasteiger partial charge on any atom is -0.376 e. The lowest BCUT2D eigenvalue weighted by Crippen LogP contribution is -2.32. The van der Waals surface area contributed by atoms with Crippen molar-refractivity contribution in [3.8, 4) is 11.4 Å². The lowest BCUT2D eigenvalue weighted by molar-refractivity contribution is -0.119. The first-order chi connectivity index (χ1) is 14.9. The SMILES string of the molecule is Cn1c(SCC(=O)NC[C@@H]2CCCO2)nnc1-c1ccc(S(=O)(=O)N2CCCC2)cc1. The summed E-state index contributed by atoms with van der Waals surface area (Å²) in [5, 5.41) is 11.9. The lowest BCUT2D eigenvalue weighted by Gasteiger charge is -2.15. The number of nitrogens with zero attached hydrogens (tertiary/aromatic N) is 4. The molecule has 0 saturated carbocycles. The third-order valence-electron chi connectivity index (χ3n) is 5.53. The summed E-state index contributed by atoms with van der Waals surface area (Å²) in [4.78, 5) is 12.4. The number of ether oxygens (including phenoxy) is 1. The maximum absolute atomic E-state index is 12.7. The van der Waals surface area contributed by atoms with E-state index >= 15 is 0 Å². The van der Waals surface area contributed by atoms with Crippen LogP contribution < -0.4 is 5.32 Å². The molecule has 31 heavy (non-hydrogen) atoms. The van der Waals surface area contributed by atoms with Gasteiger partial charge in [0.25, 0.3) is 0 Å². The van der Waals surface area contributed by atoms with E-state index in [0.29, 0.717) is 30.6 Å². The number of thioether (sulfide) groups is 1. The van der Waals surface area contributed by atoms with Crippen molar-refractivity contribution in [2.45, 2.75) is 41.8 Å². The molecule has 3 heterocycles. The Balaban J connectivity index is 1.36. The van der Waals surface area contributed by atoms with Crippen molar-refractivity contribution in [2.75, 3.05) is 32.0 Å². The molecular weight excluding hydrogens is 438 g/mol. The van der Waals surface area contributed by atoms with Crippen molar-refractivity contribution in [1.82, 2.24) is 24.4 Å². The van der Waals surface area contributed by atoms with Crippen LogP contribution in [-0.4, -0.2) is 71.5 Å². The van der Waals surface area contributed by atoms with Crippen LogP contribution in [0.5, 0.6) is 0 Å². The number of amides is 1. The van der Waals surface area contributed by atoms with Gasteiger partial charge in [0.15, 0.2) is 11.0 Å². The van der Waals surface area contributed by atoms with Crippen LogP contribution in [0.3, 0.4) is 0 Å². The van der Waals surface area contributed by atoms with Gasteiger partial charge in [0, 0.05) is 38.9 Å². The molecule has 1 aromatic heterocycles. The summed E-state index contributed by atoms with van der Waals surface area (Å²) >= 11 is 1.31. The second kappa shape index (κ2) is 9.68. The molecule has 0 bridgehead atoms. The molecule has 2 saturated heterocycles. The molecule has 2 aliphatic rings. The Morgan fingerprint density at radius 2 is 1.94 bits per heavy atom. The molecular formula is C20H27N5O4S2. The summed E-state index contributed by atoms with van der Waals surface area (Å²) < 4.78 is 34.2. The number of sulfonamides is 1. The highest BCUT2D eigenvalue weighted by atomic mass is 32.2. The van der Waals surface area contributed by atoms with Crippen LogP contribution in [0, 0.1) is 0 Å². The van der Waals surface area contributed by atoms with Crippen molar-refractivity contribution in [3.63, 3.8) is 0 Å². The molecule has 4 rings (SSSR count). The van der Waals surface area contributed by atoms with E-state index in [0.717, 1.165) is 37.9 Å². The summed E-state index contributed by atoms with van der Waals surface area (Å²) in [6, 6.07) is 6.72. The fourth-order valence-electron chi connectivity index (χ4n) is 3.76. The number of rotatable bonds is 8. The van der Waals surface area contributed by atoms with Gasteiger partial charge in [-0.15, -0.1) is 10.2 Å². The Kier molecular flexibility index (Phi) is 6.95. The quantitative estimate of drug-likeness (QED) is 0.591. The number of hydrogen-bond acceptors (Lipinski definition) is 7. The van der Waals surface area contributed by atoms with Gasteiger partial charge in [0.1, 0.15) is 0 Å². The summed E-state index contributed by atoms with van der Waals surface area (Å²) in [6.07, 6.45) is 3.96. The van der Waals surface area contributed by atoms with Crippen LogP contribution in [-0.2, 0) is 26.6 Å². The van der Waals surface area contributed by atoms with Crippen LogP contribution in [0.25, 0.3) is 11.4 Å². The van der Waals surface area contributed by atoms with Gasteiger partial charge in [-0.3, -0.25) is 4.79 Å². The highest BCUT2D eigenvalue weighted by Gasteiger charge is 2.27. The zero-order valence-corrected chi connectivity index (χ0v) is 19.1. The van der Waals surface area contributed by atoms with Crippen molar-refractivity contribution >= 4 is 27.7 Å². The molecule has 1 amide bonds. The topological polar surface area (TPSA) is 106 Å². The van der Waals surface area contributed by atoms with Crippen molar-refractivity contribution in [3.05, 3.63) is 24.3 Å². The van der Waals surface area contributed by atoms with Crippen molar-refractivity contribution < 1.29 is 17.9 Å². The fourth-order valence-corrected chi connectivity index (χ4v) is 6.02. The second-order valence-electron chi connectivity index (χ2n) is 7.73. The van der Waals surface area contributed by atoms with Gasteiger partial charge in [0.05, 0.1) is 16.8 Å². The van der Waals surface area contributed by atoms with Crippen molar-refractivity contribution in [1.29, 1.82) is 0 Å². The Labute approximate surface area is 186 Å². The first kappa shape index (κ1) is 22.3. The van der Waals surface area contributed by atoms with Gasteiger partial charge in [-0.1, -0.05) is 11.8 Å². The number of benzene rings is 1. The van der Waals surface area contributed by atoms with Crippen LogP contribution in [0.2, 0.25) is 0 Å². The van der Waals surface area contributed by atoms with E-state index in [1.165, 1.54) is 16.1 Å². The first-order valence-electron chi connectivity index (χ1n) is 10.5. The first-order valence-corrected chi connectivity index (χ1v) is 12.9. The molecule has 168 valence electrons. The maximum Gasteiger partial charge on any atom is 0.243 e. The molecule has 0 radical (unpaired) electrons. The Bertz CT molecular complexity index is 1010. The monoisotopic (exact) mass is 465 g/mol. The Morgan fingerprint density at radius 1 is 1.19 bits per heavy atom. The molecule has 2 fully saturated rings. The molecule has 2 aromatic rings. The van der Waals surface area contributed by atoms with Gasteiger partial charge < -0.3 is 14.6 Å². The minimum atomic E-state index is -3.44. The third kappa shape index (κ3) is 5.11. The van der Waals surface area contributed by atoms with E-state index in [9.17, 15) is 13.2 Å². The highest BCUT2D eigenvalue weighted by molar-refractivity contribution is 7.99. The van der Waals surface area contributed by atoms with Gasteiger partial charge in [-0.25, -0.2) is 8.42 Å². The maximum atomic E-state index is 12.7. The van der Waals surface area contributed by atoms with Gasteiger partial charge in [-0.2, -0.15) is 4.31 Å². The number of carbonyl (C=O) groups is 1. The summed E-state index contributed by atoms with van der Waals surface area (Å²) in [5.74, 6) is 0.792. The Hall–Kier alpha value is -1.95. The predicted molar refractivity (Wildman–Crippen MR) is 117 cm³/mol. The molecule has 0 aliphatic carbocycles. The van der Waals surface area contributed by atoms with E-state index < -0.39 is 10.0 Å². The molecule has 1 atom stereocenters. The standard InChI is InChI=1S/C20H27N5O4S2/c1-24-19(15-6-8-17(9-7-15)31(27,28)25-10-2-3-11-25)22-23-20(24)30-14-18(26)21-13-16-5-4-12-29-16/h6-9,16H,2-5,10-14H2,1H3,(H,21,26)/t16-/m0/s1. The summed E-state index contributed by atoms with van der Waals surface area (Å²) in [7, 11) is -1.61. The minimum absolute atomic E-state index is 0.0680. The summed E-state index contributed by atoms with van der Waals surface area (Å²) in [6.45, 7) is 2.46. The lowest BCUT2D eigenvalue weighted by atomic mass is 10.2. The average molecular weight is 466 g/mol. The zero-order chi connectivity index (χ0) is 21.8. The van der Waals surface area contributed by atoms with Crippen molar-refractivity contribution in [2.24, 2.45) is 7.05 Å². The van der Waals surface area contributed by atoms with Crippen LogP contribution in [0.15, 0.2) is 34.3 Å². The zero-order valence-electron chi connectivity index (χ0n) is 17.5. The number of hydrogen-bond donors (Lipinski definition) is 1. The smallest absolute Gasteiger partial charge is 0.243 e. The molecule has 0 spiro atoms. The fraction of sp³-hybridized carbons (Fsp3) is 0.550. The van der Waals surface area contributed by atoms with E-state index in [1.54, 1.807) is 24.3 Å². The number of carbonyl (C=O) groups excluding carboxylic acids is 1. The van der Waals surface area contributed by atoms with E-state index in [4.69, 9.17) is 4.74 Å². The molecule has 0 unspecified atom stereocenters. The predicted octanol–water partition coefficient (Wildman–Crippen LogP) is 1.65. The average Bonchev–Trinajstić information content (AvgIpc) is 3.53. The second-order valence-corrected chi connectivity index (χ2v) is 10.6. The van der Waals surface area contributed by atoms with E-state index in [1.807, 2.05) is 11.6 Å². The Morgan fingerprint density at radius 3 is 2.61 bits per heavy atom. The van der Waals surface area contributed by atoms with Crippen LogP contribution >= 0.6 is 11.8 Å².